The third-order valence-corrected chi connectivity index (χ3v) is 5.68. The molecule has 2 aliphatic heterocycles. The van der Waals surface area contributed by atoms with E-state index in [0.29, 0.717) is 16.2 Å². The molecule has 29 heavy (non-hydrogen) atoms. The van der Waals surface area contributed by atoms with Crippen LogP contribution >= 0.6 is 11.6 Å². The molecule has 1 saturated heterocycles. The third-order valence-electron chi connectivity index (χ3n) is 5.45. The first-order valence-electron chi connectivity index (χ1n) is 9.74. The topological polar surface area (TPSA) is 64.6 Å². The number of phenolic OH excluding ortho intramolecular Hbond substituents is 1. The maximum absolute atomic E-state index is 14.5. The first kappa shape index (κ1) is 19.7. The first-order chi connectivity index (χ1) is 14.0. The largest absolute Gasteiger partial charge is 0.508 e. The molecule has 0 spiro atoms. The van der Waals surface area contributed by atoms with Crippen LogP contribution in [0.2, 0.25) is 5.02 Å². The molecule has 0 radical (unpaired) electrons. The van der Waals surface area contributed by atoms with E-state index in [1.54, 1.807) is 29.2 Å². The summed E-state index contributed by atoms with van der Waals surface area (Å²) in [6, 6.07) is 10.7. The predicted molar refractivity (Wildman–Crippen MR) is 111 cm³/mol. The number of nitrogens with zero attached hydrogens (tertiary/aromatic N) is 1. The lowest BCUT2D eigenvalue weighted by molar-refractivity contribution is 0.190. The van der Waals surface area contributed by atoms with Gasteiger partial charge in [-0.05, 0) is 67.4 Å². The predicted octanol–water partition coefficient (Wildman–Crippen LogP) is 4.09. The number of carbonyl (C=O) groups excluding carboxylic acids is 1. The maximum Gasteiger partial charge on any atom is 0.318 e. The number of urea groups is 1. The van der Waals surface area contributed by atoms with Crippen LogP contribution in [0.4, 0.5) is 9.18 Å². The van der Waals surface area contributed by atoms with Gasteiger partial charge >= 0.3 is 6.03 Å². The molecule has 4 rings (SSSR count). The van der Waals surface area contributed by atoms with Gasteiger partial charge in [0.05, 0.1) is 6.04 Å². The van der Waals surface area contributed by atoms with Crippen LogP contribution in [0.3, 0.4) is 0 Å². The first-order valence-corrected chi connectivity index (χ1v) is 10.1. The summed E-state index contributed by atoms with van der Waals surface area (Å²) in [4.78, 5) is 14.8. The highest BCUT2D eigenvalue weighted by atomic mass is 35.5. The Balaban J connectivity index is 1.64. The second-order valence-corrected chi connectivity index (χ2v) is 7.89. The van der Waals surface area contributed by atoms with Gasteiger partial charge in [-0.1, -0.05) is 29.8 Å². The quantitative estimate of drug-likeness (QED) is 0.707. The summed E-state index contributed by atoms with van der Waals surface area (Å²) >= 11 is 6.07. The summed E-state index contributed by atoms with van der Waals surface area (Å²) in [7, 11) is 0. The van der Waals surface area contributed by atoms with Crippen LogP contribution in [0.1, 0.15) is 30.0 Å². The SMILES string of the molecule is O=C(NC1CCNCC1)N1CC(c2cc(Cl)ccc2F)=CC1c1cccc(O)c1. The fourth-order valence-electron chi connectivity index (χ4n) is 3.94. The van der Waals surface area contributed by atoms with E-state index >= 15 is 0 Å². The van der Waals surface area contributed by atoms with Gasteiger partial charge in [-0.15, -0.1) is 0 Å². The van der Waals surface area contributed by atoms with Crippen LogP contribution in [-0.2, 0) is 0 Å². The molecule has 0 aliphatic carbocycles. The molecule has 5 nitrogen and oxygen atoms in total. The van der Waals surface area contributed by atoms with Crippen molar-refractivity contribution in [2.45, 2.75) is 24.9 Å². The summed E-state index contributed by atoms with van der Waals surface area (Å²) in [6.45, 7) is 2.00. The van der Waals surface area contributed by atoms with Gasteiger partial charge in [0.1, 0.15) is 11.6 Å². The zero-order valence-corrected chi connectivity index (χ0v) is 16.6. The summed E-state index contributed by atoms with van der Waals surface area (Å²) in [5, 5.41) is 16.7. The standard InChI is InChI=1S/C22H23ClFN3O2/c23-16-4-5-20(24)19(12-16)15-11-21(14-2-1-3-18(28)10-14)27(13-15)22(29)26-17-6-8-25-9-7-17/h1-5,10-12,17,21,25,28H,6-9,13H2,(H,26,29). The second-order valence-electron chi connectivity index (χ2n) is 7.46. The molecule has 7 heteroatoms. The van der Waals surface area contributed by atoms with Crippen LogP contribution < -0.4 is 10.6 Å². The van der Waals surface area contributed by atoms with E-state index in [4.69, 9.17) is 11.6 Å². The Kier molecular flexibility index (Phi) is 5.74. The van der Waals surface area contributed by atoms with Gasteiger partial charge in [0.25, 0.3) is 0 Å². The summed E-state index contributed by atoms with van der Waals surface area (Å²) in [6.07, 6.45) is 3.62. The fraction of sp³-hybridized carbons (Fsp3) is 0.318. The van der Waals surface area contributed by atoms with E-state index in [1.165, 1.54) is 12.1 Å². The monoisotopic (exact) mass is 415 g/mol. The van der Waals surface area contributed by atoms with Crippen molar-refractivity contribution in [3.05, 3.63) is 70.5 Å². The Morgan fingerprint density at radius 1 is 1.21 bits per heavy atom. The minimum atomic E-state index is -0.405. The van der Waals surface area contributed by atoms with Crippen LogP contribution in [-0.4, -0.2) is 41.7 Å². The Labute approximate surface area is 174 Å². The van der Waals surface area contributed by atoms with Crippen molar-refractivity contribution < 1.29 is 14.3 Å². The Morgan fingerprint density at radius 3 is 2.76 bits per heavy atom. The Morgan fingerprint density at radius 2 is 2.00 bits per heavy atom. The number of benzene rings is 2. The minimum Gasteiger partial charge on any atom is -0.508 e. The molecule has 0 bridgehead atoms. The number of rotatable bonds is 3. The maximum atomic E-state index is 14.5. The highest BCUT2D eigenvalue weighted by Gasteiger charge is 2.33. The van der Waals surface area contributed by atoms with E-state index < -0.39 is 6.04 Å². The van der Waals surface area contributed by atoms with Crippen molar-refractivity contribution in [3.63, 3.8) is 0 Å². The average Bonchev–Trinajstić information content (AvgIpc) is 3.16. The zero-order valence-electron chi connectivity index (χ0n) is 15.9. The summed E-state index contributed by atoms with van der Waals surface area (Å²) < 4.78 is 14.5. The fourth-order valence-corrected chi connectivity index (χ4v) is 4.11. The van der Waals surface area contributed by atoms with E-state index in [-0.39, 0.29) is 30.2 Å². The number of halogens is 2. The normalized spacial score (nSPS) is 19.9. The van der Waals surface area contributed by atoms with E-state index in [9.17, 15) is 14.3 Å². The minimum absolute atomic E-state index is 0.112. The van der Waals surface area contributed by atoms with Gasteiger partial charge in [-0.3, -0.25) is 0 Å². The molecular weight excluding hydrogens is 393 g/mol. The van der Waals surface area contributed by atoms with Gasteiger partial charge in [-0.25, -0.2) is 9.18 Å². The number of phenols is 1. The van der Waals surface area contributed by atoms with Gasteiger partial charge in [0, 0.05) is 23.2 Å². The van der Waals surface area contributed by atoms with Crippen molar-refractivity contribution >= 4 is 23.2 Å². The highest BCUT2D eigenvalue weighted by Crippen LogP contribution is 2.37. The molecule has 152 valence electrons. The van der Waals surface area contributed by atoms with Crippen molar-refractivity contribution in [2.75, 3.05) is 19.6 Å². The molecular formula is C22H23ClFN3O2. The number of carbonyl (C=O) groups is 1. The van der Waals surface area contributed by atoms with Crippen LogP contribution in [0.5, 0.6) is 5.75 Å². The number of amides is 2. The Bertz CT molecular complexity index is 943. The van der Waals surface area contributed by atoms with Crippen molar-refractivity contribution in [1.82, 2.24) is 15.5 Å². The number of nitrogens with one attached hydrogen (secondary N) is 2. The third kappa shape index (κ3) is 4.38. The summed E-state index contributed by atoms with van der Waals surface area (Å²) in [5.74, 6) is -0.257. The molecule has 2 heterocycles. The number of hydrogen-bond acceptors (Lipinski definition) is 3. The van der Waals surface area contributed by atoms with Gasteiger partial charge < -0.3 is 20.6 Å². The van der Waals surface area contributed by atoms with Gasteiger partial charge in [0.15, 0.2) is 0 Å². The molecule has 2 aromatic carbocycles. The van der Waals surface area contributed by atoms with Crippen molar-refractivity contribution in [3.8, 4) is 5.75 Å². The lowest BCUT2D eigenvalue weighted by atomic mass is 10.0. The molecule has 1 unspecified atom stereocenters. The van der Waals surface area contributed by atoms with Crippen LogP contribution in [0.15, 0.2) is 48.5 Å². The van der Waals surface area contributed by atoms with Crippen molar-refractivity contribution in [2.24, 2.45) is 0 Å². The molecule has 3 N–H and O–H groups in total. The van der Waals surface area contributed by atoms with Crippen LogP contribution in [0, 0.1) is 5.82 Å². The van der Waals surface area contributed by atoms with E-state index in [2.05, 4.69) is 10.6 Å². The molecule has 2 aliphatic rings. The number of aromatic hydroxyl groups is 1. The molecule has 1 atom stereocenters. The highest BCUT2D eigenvalue weighted by molar-refractivity contribution is 6.30. The number of hydrogen-bond donors (Lipinski definition) is 3. The molecule has 1 fully saturated rings. The molecule has 2 aromatic rings. The second kappa shape index (κ2) is 8.43. The van der Waals surface area contributed by atoms with Crippen molar-refractivity contribution in [1.29, 1.82) is 0 Å². The summed E-state index contributed by atoms with van der Waals surface area (Å²) in [5.41, 5.74) is 1.85. The molecule has 0 saturated carbocycles. The lowest BCUT2D eigenvalue weighted by Crippen LogP contribution is -2.48. The lowest BCUT2D eigenvalue weighted by Gasteiger charge is -2.30. The zero-order chi connectivity index (χ0) is 20.4. The smallest absolute Gasteiger partial charge is 0.318 e. The molecule has 2 amide bonds. The van der Waals surface area contributed by atoms with Crippen LogP contribution in [0.25, 0.3) is 5.57 Å². The molecule has 0 aromatic heterocycles. The average molecular weight is 416 g/mol. The Hall–Kier alpha value is -2.57. The van der Waals surface area contributed by atoms with E-state index in [0.717, 1.165) is 31.5 Å². The van der Waals surface area contributed by atoms with Gasteiger partial charge in [0.2, 0.25) is 0 Å². The van der Waals surface area contributed by atoms with E-state index in [1.807, 2.05) is 12.1 Å². The van der Waals surface area contributed by atoms with Gasteiger partial charge in [-0.2, -0.15) is 0 Å². The number of piperidine rings is 1.